The first-order chi connectivity index (χ1) is 25.0. The van der Waals surface area contributed by atoms with Crippen molar-refractivity contribution in [3.63, 3.8) is 0 Å². The van der Waals surface area contributed by atoms with Gasteiger partial charge in [0.1, 0.15) is 29.6 Å². The van der Waals surface area contributed by atoms with Gasteiger partial charge in [-0.2, -0.15) is 0 Å². The van der Waals surface area contributed by atoms with Crippen LogP contribution in [0.1, 0.15) is 98.5 Å². The highest BCUT2D eigenvalue weighted by atomic mass is 16.8. The van der Waals surface area contributed by atoms with Crippen molar-refractivity contribution < 1.29 is 53.4 Å². The zero-order valence-corrected chi connectivity index (χ0v) is 31.7. The number of esters is 1. The van der Waals surface area contributed by atoms with Crippen molar-refractivity contribution in [2.75, 3.05) is 18.5 Å². The number of hydrogen-bond acceptors (Lipinski definition) is 11. The summed E-state index contributed by atoms with van der Waals surface area (Å²) in [6.07, 6.45) is 6.25. The number of nitrogens with one attached hydrogen (secondary N) is 2. The average molecular weight is 741 g/mol. The minimum atomic E-state index is -2.11. The first kappa shape index (κ1) is 41.6. The zero-order chi connectivity index (χ0) is 38.8. The largest absolute Gasteiger partial charge is 0.504 e. The van der Waals surface area contributed by atoms with Gasteiger partial charge < -0.3 is 49.6 Å². The van der Waals surface area contributed by atoms with Gasteiger partial charge in [-0.15, -0.1) is 0 Å². The second-order valence-corrected chi connectivity index (χ2v) is 15.2. The number of benzene rings is 2. The number of rotatable bonds is 17. The second-order valence-electron chi connectivity index (χ2n) is 15.2. The van der Waals surface area contributed by atoms with Crippen molar-refractivity contribution in [1.82, 2.24) is 5.32 Å². The Morgan fingerprint density at radius 1 is 0.962 bits per heavy atom. The molecule has 4 rings (SSSR count). The number of phenols is 2. The summed E-state index contributed by atoms with van der Waals surface area (Å²) in [6, 6.07) is 9.80. The fourth-order valence-corrected chi connectivity index (χ4v) is 6.24. The Kier molecular flexibility index (Phi) is 14.3. The van der Waals surface area contributed by atoms with Crippen LogP contribution in [0.25, 0.3) is 6.08 Å². The van der Waals surface area contributed by atoms with E-state index >= 15 is 0 Å². The molecule has 1 aliphatic carbocycles. The van der Waals surface area contributed by atoms with Gasteiger partial charge in [0.15, 0.2) is 17.3 Å². The van der Waals surface area contributed by atoms with E-state index < -0.39 is 59.1 Å². The summed E-state index contributed by atoms with van der Waals surface area (Å²) in [7, 11) is 0. The van der Waals surface area contributed by atoms with Crippen molar-refractivity contribution in [1.29, 1.82) is 0 Å². The number of amides is 2. The molecule has 2 aromatic carbocycles. The molecule has 2 aromatic rings. The molecule has 1 aliphatic heterocycles. The SMILES string of the molecule is CCCCCCCCOc1ccc(NC(=O)C(COC(C)(C)C)NC(=O)[C@@]2(O)C[C@@H](OC(=O)/C=C/c3ccc(O)c(O)c3)[C@@H]3OC(C)(C)O[C@@H]3C2)cc1. The van der Waals surface area contributed by atoms with Crippen LogP contribution in [0.5, 0.6) is 17.2 Å². The number of carbonyl (C=O) groups is 3. The van der Waals surface area contributed by atoms with E-state index in [9.17, 15) is 29.7 Å². The molecule has 5 atom stereocenters. The number of phenolic OH excluding ortho intramolecular Hbond substituents is 2. The second kappa shape index (κ2) is 18.2. The van der Waals surface area contributed by atoms with E-state index in [1.54, 1.807) is 38.1 Å². The highest BCUT2D eigenvalue weighted by Gasteiger charge is 2.57. The van der Waals surface area contributed by atoms with Gasteiger partial charge in [-0.25, -0.2) is 4.79 Å². The van der Waals surface area contributed by atoms with Gasteiger partial charge in [0.25, 0.3) is 5.91 Å². The molecule has 1 unspecified atom stereocenters. The molecule has 2 fully saturated rings. The van der Waals surface area contributed by atoms with Gasteiger partial charge in [0.05, 0.1) is 24.9 Å². The fourth-order valence-electron chi connectivity index (χ4n) is 6.24. The van der Waals surface area contributed by atoms with E-state index in [1.165, 1.54) is 50.0 Å². The number of unbranched alkanes of at least 4 members (excludes halogenated alkanes) is 5. The van der Waals surface area contributed by atoms with Crippen molar-refractivity contribution in [3.05, 3.63) is 54.1 Å². The molecule has 5 N–H and O–H groups in total. The van der Waals surface area contributed by atoms with Gasteiger partial charge in [-0.3, -0.25) is 9.59 Å². The van der Waals surface area contributed by atoms with Gasteiger partial charge in [-0.05, 0) is 89.1 Å². The van der Waals surface area contributed by atoms with Crippen LogP contribution < -0.4 is 15.4 Å². The lowest BCUT2D eigenvalue weighted by atomic mass is 9.78. The van der Waals surface area contributed by atoms with Crippen LogP contribution in [0.2, 0.25) is 0 Å². The molecule has 1 saturated carbocycles. The maximum atomic E-state index is 13.9. The van der Waals surface area contributed by atoms with E-state index in [1.807, 2.05) is 20.8 Å². The summed E-state index contributed by atoms with van der Waals surface area (Å²) >= 11 is 0. The first-order valence-electron chi connectivity index (χ1n) is 18.4. The topological polar surface area (TPSA) is 182 Å². The average Bonchev–Trinajstić information content (AvgIpc) is 3.40. The summed E-state index contributed by atoms with van der Waals surface area (Å²) in [5.74, 6) is -3.28. The van der Waals surface area contributed by atoms with Gasteiger partial charge in [0, 0.05) is 24.6 Å². The first-order valence-corrected chi connectivity index (χ1v) is 18.4. The van der Waals surface area contributed by atoms with Gasteiger partial charge in [0.2, 0.25) is 5.91 Å². The molecule has 1 heterocycles. The lowest BCUT2D eigenvalue weighted by Crippen LogP contribution is -2.61. The van der Waals surface area contributed by atoms with Gasteiger partial charge in [-0.1, -0.05) is 45.1 Å². The van der Waals surface area contributed by atoms with Gasteiger partial charge >= 0.3 is 5.97 Å². The molecule has 2 aliphatic rings. The highest BCUT2D eigenvalue weighted by Crippen LogP contribution is 2.42. The Morgan fingerprint density at radius 2 is 1.66 bits per heavy atom. The summed E-state index contributed by atoms with van der Waals surface area (Å²) < 4.78 is 29.5. The molecule has 13 nitrogen and oxygen atoms in total. The van der Waals surface area contributed by atoms with E-state index in [2.05, 4.69) is 17.6 Å². The van der Waals surface area contributed by atoms with Crippen LogP contribution in [0.3, 0.4) is 0 Å². The summed E-state index contributed by atoms with van der Waals surface area (Å²) in [5.41, 5.74) is -1.85. The maximum Gasteiger partial charge on any atom is 0.331 e. The number of aromatic hydroxyl groups is 2. The maximum absolute atomic E-state index is 13.9. The summed E-state index contributed by atoms with van der Waals surface area (Å²) in [5, 5.41) is 36.6. The van der Waals surface area contributed by atoms with E-state index in [0.29, 0.717) is 23.6 Å². The van der Waals surface area contributed by atoms with Crippen molar-refractivity contribution in [3.8, 4) is 17.2 Å². The Bertz CT molecular complexity index is 1570. The Morgan fingerprint density at radius 3 is 2.34 bits per heavy atom. The van der Waals surface area contributed by atoms with E-state index in [4.69, 9.17) is 23.7 Å². The number of carbonyl (C=O) groups excluding carboxylic acids is 3. The number of hydrogen-bond donors (Lipinski definition) is 5. The van der Waals surface area contributed by atoms with Crippen LogP contribution in [-0.4, -0.2) is 87.7 Å². The van der Waals surface area contributed by atoms with Crippen LogP contribution in [0.15, 0.2) is 48.5 Å². The molecule has 1 saturated heterocycles. The van der Waals surface area contributed by atoms with E-state index in [0.717, 1.165) is 18.9 Å². The standard InChI is InChI=1S/C40H56N2O11/c1-7-8-9-10-11-12-21-49-28-17-15-27(16-18-28)41-36(46)29(25-50-38(2,3)4)42-37(47)40(48)23-32(35-33(24-40)52-39(5,6)53-35)51-34(45)20-14-26-13-19-30(43)31(44)22-26/h13-20,22,29,32-33,35,43-44,48H,7-12,21,23-25H2,1-6H3,(H,41,46)(H,42,47)/b20-14+/t29?,32-,33-,35+,40-/m1/s1. The van der Waals surface area contributed by atoms with Crippen molar-refractivity contribution in [2.45, 2.75) is 134 Å². The third-order valence-corrected chi connectivity index (χ3v) is 8.96. The molecule has 292 valence electrons. The van der Waals surface area contributed by atoms with Crippen molar-refractivity contribution in [2.24, 2.45) is 0 Å². The lowest BCUT2D eigenvalue weighted by Gasteiger charge is -2.40. The minimum absolute atomic E-state index is 0.182. The smallest absolute Gasteiger partial charge is 0.331 e. The molecule has 53 heavy (non-hydrogen) atoms. The third kappa shape index (κ3) is 12.7. The quantitative estimate of drug-likeness (QED) is 0.0577. The molecular formula is C40H56N2O11. The van der Waals surface area contributed by atoms with Crippen LogP contribution in [0, 0.1) is 0 Å². The Hall–Kier alpha value is -4.17. The van der Waals surface area contributed by atoms with Crippen LogP contribution in [0.4, 0.5) is 5.69 Å². The molecule has 0 aromatic heterocycles. The lowest BCUT2D eigenvalue weighted by molar-refractivity contribution is -0.177. The predicted molar refractivity (Wildman–Crippen MR) is 198 cm³/mol. The van der Waals surface area contributed by atoms with E-state index in [-0.39, 0.29) is 30.9 Å². The Balaban J connectivity index is 1.42. The third-order valence-electron chi connectivity index (χ3n) is 8.96. The number of anilines is 1. The zero-order valence-electron chi connectivity index (χ0n) is 31.7. The number of fused-ring (bicyclic) bond motifs is 1. The minimum Gasteiger partial charge on any atom is -0.504 e. The molecule has 0 radical (unpaired) electrons. The molecular weight excluding hydrogens is 684 g/mol. The normalized spacial score (nSPS) is 22.9. The fraction of sp³-hybridized carbons (Fsp3) is 0.575. The molecule has 0 spiro atoms. The predicted octanol–water partition coefficient (Wildman–Crippen LogP) is 5.75. The number of ether oxygens (including phenoxy) is 5. The van der Waals surface area contributed by atoms with Crippen LogP contribution >= 0.6 is 0 Å². The highest BCUT2D eigenvalue weighted by molar-refractivity contribution is 5.98. The molecule has 0 bridgehead atoms. The van der Waals surface area contributed by atoms with Crippen LogP contribution in [-0.2, 0) is 33.3 Å². The monoisotopic (exact) mass is 740 g/mol. The summed E-state index contributed by atoms with van der Waals surface area (Å²) in [4.78, 5) is 40.4. The summed E-state index contributed by atoms with van der Waals surface area (Å²) in [6.45, 7) is 11.4. The number of aliphatic hydroxyl groups is 1. The molecule has 13 heteroatoms. The molecule has 2 amide bonds. The Labute approximate surface area is 312 Å². The van der Waals surface area contributed by atoms with Crippen molar-refractivity contribution >= 4 is 29.5 Å².